The molecule has 0 aliphatic heterocycles. The number of rotatable bonds is 10. The number of nitrogens with zero attached hydrogens (tertiary/aromatic N) is 3. The van der Waals surface area contributed by atoms with Crippen molar-refractivity contribution < 1.29 is 14.3 Å². The van der Waals surface area contributed by atoms with Crippen LogP contribution >= 0.6 is 23.4 Å². The van der Waals surface area contributed by atoms with Gasteiger partial charge in [-0.25, -0.2) is 0 Å². The maximum Gasteiger partial charge on any atom is 0.251 e. The van der Waals surface area contributed by atoms with E-state index in [1.165, 1.54) is 11.8 Å². The zero-order chi connectivity index (χ0) is 22.9. The average molecular weight is 472 g/mol. The van der Waals surface area contributed by atoms with Crippen LogP contribution in [0.25, 0.3) is 0 Å². The highest BCUT2D eigenvalue weighted by Crippen LogP contribution is 2.22. The van der Waals surface area contributed by atoms with Crippen LogP contribution in [0.2, 0.25) is 5.02 Å². The Kier molecular flexibility index (Phi) is 8.29. The van der Waals surface area contributed by atoms with Crippen molar-refractivity contribution in [2.75, 3.05) is 18.2 Å². The van der Waals surface area contributed by atoms with Crippen LogP contribution < -0.4 is 15.4 Å². The Hall–Kier alpha value is -3.30. The number of ether oxygens (including phenoxy) is 1. The third-order valence-corrected chi connectivity index (χ3v) is 5.64. The van der Waals surface area contributed by atoms with Gasteiger partial charge in [-0.3, -0.25) is 9.59 Å². The normalized spacial score (nSPS) is 10.4. The van der Waals surface area contributed by atoms with Crippen molar-refractivity contribution in [1.29, 1.82) is 0 Å². The van der Waals surface area contributed by atoms with Crippen LogP contribution in [0.1, 0.15) is 16.2 Å². The van der Waals surface area contributed by atoms with E-state index in [1.807, 2.05) is 0 Å². The largest absolute Gasteiger partial charge is 0.497 e. The van der Waals surface area contributed by atoms with Gasteiger partial charge < -0.3 is 19.9 Å². The summed E-state index contributed by atoms with van der Waals surface area (Å²) in [6.07, 6.45) is 1.70. The average Bonchev–Trinajstić information content (AvgIpc) is 3.19. The molecule has 0 fully saturated rings. The quantitative estimate of drug-likeness (QED) is 0.345. The molecule has 0 unspecified atom stereocenters. The first-order valence-corrected chi connectivity index (χ1v) is 11.0. The molecule has 8 nitrogen and oxygen atoms in total. The van der Waals surface area contributed by atoms with Gasteiger partial charge in [0.2, 0.25) is 5.91 Å². The molecular formula is C22H22ClN5O3S. The Morgan fingerprint density at radius 3 is 2.62 bits per heavy atom. The summed E-state index contributed by atoms with van der Waals surface area (Å²) in [5.41, 5.74) is 1.06. The number of allylic oxidation sites excluding steroid dienone is 1. The predicted molar refractivity (Wildman–Crippen MR) is 125 cm³/mol. The lowest BCUT2D eigenvalue weighted by atomic mass is 10.2. The van der Waals surface area contributed by atoms with Crippen LogP contribution in [0.3, 0.4) is 0 Å². The minimum atomic E-state index is -0.242. The number of benzene rings is 2. The summed E-state index contributed by atoms with van der Waals surface area (Å²) >= 11 is 7.31. The molecule has 10 heteroatoms. The number of thioether (sulfide) groups is 1. The van der Waals surface area contributed by atoms with Gasteiger partial charge in [0.1, 0.15) is 5.75 Å². The van der Waals surface area contributed by atoms with E-state index in [2.05, 4.69) is 27.4 Å². The monoisotopic (exact) mass is 471 g/mol. The van der Waals surface area contributed by atoms with E-state index in [4.69, 9.17) is 16.3 Å². The standard InChI is InChI=1S/C22H22ClN5O3S/c1-3-12-28-19(13-24-21(30)15-8-10-16(31-2)11-9-15)26-27-22(28)32-14-20(29)25-18-7-5-4-6-17(18)23/h3-11H,1,12-14H2,2H3,(H,24,30)(H,25,29). The number of carbonyl (C=O) groups is 2. The maximum atomic E-state index is 12.4. The molecule has 0 aliphatic carbocycles. The van der Waals surface area contributed by atoms with E-state index in [0.29, 0.717) is 39.5 Å². The van der Waals surface area contributed by atoms with E-state index in [-0.39, 0.29) is 24.1 Å². The van der Waals surface area contributed by atoms with Crippen LogP contribution in [0.5, 0.6) is 5.75 Å². The minimum Gasteiger partial charge on any atom is -0.497 e. The van der Waals surface area contributed by atoms with Crippen LogP contribution in [0.15, 0.2) is 66.3 Å². The second kappa shape index (κ2) is 11.4. The number of halogens is 1. The number of amides is 2. The summed E-state index contributed by atoms with van der Waals surface area (Å²) in [5.74, 6) is 0.895. The van der Waals surface area contributed by atoms with Gasteiger partial charge in [0, 0.05) is 12.1 Å². The number of carbonyl (C=O) groups excluding carboxylic acids is 2. The molecule has 2 amide bonds. The van der Waals surface area contributed by atoms with E-state index in [0.717, 1.165) is 0 Å². The third kappa shape index (κ3) is 6.12. The fourth-order valence-electron chi connectivity index (χ4n) is 2.75. The first-order valence-electron chi connectivity index (χ1n) is 9.64. The summed E-state index contributed by atoms with van der Waals surface area (Å²) in [4.78, 5) is 24.7. The lowest BCUT2D eigenvalue weighted by Crippen LogP contribution is -2.24. The SMILES string of the molecule is C=CCn1c(CNC(=O)c2ccc(OC)cc2)nnc1SCC(=O)Nc1ccccc1Cl. The van der Waals surface area contributed by atoms with Gasteiger partial charge in [-0.2, -0.15) is 0 Å². The summed E-state index contributed by atoms with van der Waals surface area (Å²) in [6.45, 7) is 4.38. The smallest absolute Gasteiger partial charge is 0.251 e. The highest BCUT2D eigenvalue weighted by Gasteiger charge is 2.15. The molecule has 166 valence electrons. The van der Waals surface area contributed by atoms with Gasteiger partial charge in [0.15, 0.2) is 11.0 Å². The van der Waals surface area contributed by atoms with Crippen LogP contribution in [-0.2, 0) is 17.9 Å². The number of hydrogen-bond donors (Lipinski definition) is 2. The fraction of sp³-hybridized carbons (Fsp3) is 0.182. The molecule has 0 spiro atoms. The second-order valence-electron chi connectivity index (χ2n) is 6.53. The topological polar surface area (TPSA) is 98.1 Å². The number of hydrogen-bond acceptors (Lipinski definition) is 6. The van der Waals surface area contributed by atoms with Crippen LogP contribution in [-0.4, -0.2) is 39.4 Å². The van der Waals surface area contributed by atoms with Crippen molar-refractivity contribution in [3.8, 4) is 5.75 Å². The van der Waals surface area contributed by atoms with Crippen molar-refractivity contribution in [3.05, 3.63) is 77.6 Å². The Labute approximate surface area is 195 Å². The number of aromatic nitrogens is 3. The number of anilines is 1. The molecule has 0 aliphatic rings. The highest BCUT2D eigenvalue weighted by molar-refractivity contribution is 7.99. The Morgan fingerprint density at radius 1 is 1.19 bits per heavy atom. The summed E-state index contributed by atoms with van der Waals surface area (Å²) in [5, 5.41) is 14.9. The molecule has 3 aromatic rings. The summed E-state index contributed by atoms with van der Waals surface area (Å²) in [7, 11) is 1.57. The third-order valence-electron chi connectivity index (χ3n) is 4.34. The van der Waals surface area contributed by atoms with Gasteiger partial charge in [-0.15, -0.1) is 16.8 Å². The first kappa shape index (κ1) is 23.4. The fourth-order valence-corrected chi connectivity index (χ4v) is 3.70. The van der Waals surface area contributed by atoms with E-state index in [1.54, 1.807) is 66.3 Å². The molecule has 2 aromatic carbocycles. The van der Waals surface area contributed by atoms with Gasteiger partial charge in [0.25, 0.3) is 5.91 Å². The zero-order valence-electron chi connectivity index (χ0n) is 17.4. The van der Waals surface area contributed by atoms with Crippen molar-refractivity contribution in [3.63, 3.8) is 0 Å². The number of para-hydroxylation sites is 1. The molecule has 1 aromatic heterocycles. The molecule has 0 saturated carbocycles. The summed E-state index contributed by atoms with van der Waals surface area (Å²) in [6, 6.07) is 13.8. The highest BCUT2D eigenvalue weighted by atomic mass is 35.5. The molecule has 0 bridgehead atoms. The lowest BCUT2D eigenvalue weighted by Gasteiger charge is -2.10. The number of nitrogens with one attached hydrogen (secondary N) is 2. The molecule has 0 atom stereocenters. The summed E-state index contributed by atoms with van der Waals surface area (Å²) < 4.78 is 6.90. The van der Waals surface area contributed by atoms with E-state index >= 15 is 0 Å². The van der Waals surface area contributed by atoms with Crippen molar-refractivity contribution in [2.45, 2.75) is 18.2 Å². The Balaban J connectivity index is 1.60. The molecule has 1 heterocycles. The van der Waals surface area contributed by atoms with Crippen molar-refractivity contribution >= 4 is 40.9 Å². The van der Waals surface area contributed by atoms with Gasteiger partial charge in [0.05, 0.1) is 30.1 Å². The van der Waals surface area contributed by atoms with Crippen molar-refractivity contribution in [1.82, 2.24) is 20.1 Å². The second-order valence-corrected chi connectivity index (χ2v) is 7.88. The van der Waals surface area contributed by atoms with E-state index in [9.17, 15) is 9.59 Å². The maximum absolute atomic E-state index is 12.4. The van der Waals surface area contributed by atoms with Crippen molar-refractivity contribution in [2.24, 2.45) is 0 Å². The predicted octanol–water partition coefficient (Wildman–Crippen LogP) is 3.79. The number of methoxy groups -OCH3 is 1. The molecule has 0 saturated heterocycles. The van der Waals surface area contributed by atoms with Gasteiger partial charge in [-0.1, -0.05) is 41.6 Å². The molecule has 32 heavy (non-hydrogen) atoms. The first-order chi connectivity index (χ1) is 15.5. The van der Waals surface area contributed by atoms with Crippen LogP contribution in [0, 0.1) is 0 Å². The van der Waals surface area contributed by atoms with Gasteiger partial charge in [-0.05, 0) is 36.4 Å². The lowest BCUT2D eigenvalue weighted by molar-refractivity contribution is -0.113. The Morgan fingerprint density at radius 2 is 1.94 bits per heavy atom. The van der Waals surface area contributed by atoms with Crippen LogP contribution in [0.4, 0.5) is 5.69 Å². The Bertz CT molecular complexity index is 1100. The van der Waals surface area contributed by atoms with Gasteiger partial charge >= 0.3 is 0 Å². The molecule has 0 radical (unpaired) electrons. The van der Waals surface area contributed by atoms with E-state index < -0.39 is 0 Å². The molecule has 2 N–H and O–H groups in total. The molecule has 3 rings (SSSR count). The molecular weight excluding hydrogens is 450 g/mol. The zero-order valence-corrected chi connectivity index (χ0v) is 18.9. The minimum absolute atomic E-state index is 0.124.